The van der Waals surface area contributed by atoms with Crippen molar-refractivity contribution in [1.29, 1.82) is 0 Å². The molecular weight excluding hydrogens is 566 g/mol. The number of alkyl halides is 6. The van der Waals surface area contributed by atoms with Gasteiger partial charge in [0.1, 0.15) is 21.5 Å². The van der Waals surface area contributed by atoms with Crippen molar-refractivity contribution in [3.05, 3.63) is 71.4 Å². The standard InChI is InChI=1S/C25H18F6N4O2S2/c1-13-22(39-23(32-13)14-4-3-5-18(8-14)37-2)19-6-7-21(35-34-19)38-12-20(36)33-17-10-15(24(26,27)28)9-16(11-17)25(29,30)31/h3-11H,12H2,1-2H3,(H,33,36). The normalized spacial score (nSPS) is 11.9. The van der Waals surface area contributed by atoms with E-state index < -0.39 is 35.1 Å². The van der Waals surface area contributed by atoms with Crippen LogP contribution in [0.15, 0.2) is 59.6 Å². The average Bonchev–Trinajstić information content (AvgIpc) is 3.28. The second-order valence-electron chi connectivity index (χ2n) is 8.05. The first-order valence-corrected chi connectivity index (χ1v) is 12.8. The molecule has 1 amide bonds. The van der Waals surface area contributed by atoms with Crippen molar-refractivity contribution in [2.45, 2.75) is 24.3 Å². The van der Waals surface area contributed by atoms with E-state index in [0.717, 1.165) is 32.9 Å². The van der Waals surface area contributed by atoms with E-state index in [0.29, 0.717) is 28.6 Å². The molecule has 0 aliphatic heterocycles. The SMILES string of the molecule is COc1cccc(-c2nc(C)c(-c3ccc(SCC(=O)Nc4cc(C(F)(F)F)cc(C(F)(F)F)c4)nn3)s2)c1. The van der Waals surface area contributed by atoms with E-state index in [-0.39, 0.29) is 11.8 Å². The zero-order valence-corrected chi connectivity index (χ0v) is 21.8. The maximum Gasteiger partial charge on any atom is 0.416 e. The number of halogens is 6. The van der Waals surface area contributed by atoms with Crippen LogP contribution in [0.3, 0.4) is 0 Å². The van der Waals surface area contributed by atoms with Gasteiger partial charge < -0.3 is 10.1 Å². The number of rotatable bonds is 7. The smallest absolute Gasteiger partial charge is 0.416 e. The molecule has 0 saturated heterocycles. The maximum atomic E-state index is 13.0. The molecule has 39 heavy (non-hydrogen) atoms. The van der Waals surface area contributed by atoms with Crippen LogP contribution in [0.5, 0.6) is 5.75 Å². The van der Waals surface area contributed by atoms with Gasteiger partial charge in [-0.25, -0.2) is 4.98 Å². The van der Waals surface area contributed by atoms with Gasteiger partial charge in [-0.2, -0.15) is 26.3 Å². The minimum Gasteiger partial charge on any atom is -0.497 e. The molecule has 0 bridgehead atoms. The van der Waals surface area contributed by atoms with Crippen molar-refractivity contribution in [3.63, 3.8) is 0 Å². The predicted molar refractivity (Wildman–Crippen MR) is 136 cm³/mol. The lowest BCUT2D eigenvalue weighted by Crippen LogP contribution is -2.17. The van der Waals surface area contributed by atoms with Crippen molar-refractivity contribution < 1.29 is 35.9 Å². The number of thiazole rings is 1. The highest BCUT2D eigenvalue weighted by Crippen LogP contribution is 2.38. The molecule has 4 rings (SSSR count). The lowest BCUT2D eigenvalue weighted by atomic mass is 10.1. The number of hydrogen-bond acceptors (Lipinski definition) is 7. The molecule has 2 aromatic heterocycles. The molecule has 2 aromatic carbocycles. The van der Waals surface area contributed by atoms with E-state index >= 15 is 0 Å². The van der Waals surface area contributed by atoms with E-state index in [1.54, 1.807) is 19.2 Å². The number of hydrogen-bond donors (Lipinski definition) is 1. The maximum absolute atomic E-state index is 13.0. The number of carbonyl (C=O) groups is 1. The fourth-order valence-corrected chi connectivity index (χ4v) is 5.04. The first kappa shape index (κ1) is 28.4. The van der Waals surface area contributed by atoms with Crippen LogP contribution >= 0.6 is 23.1 Å². The van der Waals surface area contributed by atoms with Gasteiger partial charge in [-0.3, -0.25) is 4.79 Å². The van der Waals surface area contributed by atoms with E-state index in [4.69, 9.17) is 4.74 Å². The molecule has 0 saturated carbocycles. The van der Waals surface area contributed by atoms with E-state index in [2.05, 4.69) is 20.5 Å². The zero-order valence-electron chi connectivity index (χ0n) is 20.1. The number of methoxy groups -OCH3 is 1. The van der Waals surface area contributed by atoms with E-state index in [1.165, 1.54) is 11.3 Å². The third kappa shape index (κ3) is 7.06. The summed E-state index contributed by atoms with van der Waals surface area (Å²) in [6, 6.07) is 11.6. The monoisotopic (exact) mass is 584 g/mol. The molecule has 0 unspecified atom stereocenters. The zero-order chi connectivity index (χ0) is 28.4. The van der Waals surface area contributed by atoms with Crippen LogP contribution in [0.25, 0.3) is 21.1 Å². The van der Waals surface area contributed by atoms with Gasteiger partial charge in [0.15, 0.2) is 0 Å². The Bertz CT molecular complexity index is 1460. The fraction of sp³-hybridized carbons (Fsp3) is 0.200. The molecule has 4 aromatic rings. The Balaban J connectivity index is 1.43. The summed E-state index contributed by atoms with van der Waals surface area (Å²) in [5.74, 6) is -0.425. The summed E-state index contributed by atoms with van der Waals surface area (Å²) in [4.78, 5) is 17.7. The predicted octanol–water partition coefficient (Wildman–Crippen LogP) is 7.35. The minimum absolute atomic E-state index is 0.00790. The van der Waals surface area contributed by atoms with Gasteiger partial charge in [-0.05, 0) is 49.4 Å². The average molecular weight is 585 g/mol. The van der Waals surface area contributed by atoms with Gasteiger partial charge in [-0.1, -0.05) is 23.9 Å². The van der Waals surface area contributed by atoms with Crippen molar-refractivity contribution >= 4 is 34.7 Å². The topological polar surface area (TPSA) is 77.0 Å². The summed E-state index contributed by atoms with van der Waals surface area (Å²) in [6.07, 6.45) is -10.0. The molecule has 0 aliphatic rings. The summed E-state index contributed by atoms with van der Waals surface area (Å²) < 4.78 is 83.5. The number of thioether (sulfide) groups is 1. The summed E-state index contributed by atoms with van der Waals surface area (Å²) in [7, 11) is 1.57. The Morgan fingerprint density at radius 3 is 2.26 bits per heavy atom. The Morgan fingerprint density at radius 1 is 0.974 bits per heavy atom. The van der Waals surface area contributed by atoms with Crippen LogP contribution in [0.1, 0.15) is 16.8 Å². The minimum atomic E-state index is -5.02. The van der Waals surface area contributed by atoms with Crippen LogP contribution in [0.2, 0.25) is 0 Å². The number of amides is 1. The number of benzene rings is 2. The van der Waals surface area contributed by atoms with Gasteiger partial charge in [0.2, 0.25) is 5.91 Å². The molecule has 0 spiro atoms. The summed E-state index contributed by atoms with van der Waals surface area (Å²) in [5, 5.41) is 11.4. The third-order valence-corrected chi connectivity index (χ3v) is 7.36. The van der Waals surface area contributed by atoms with Crippen molar-refractivity contribution in [1.82, 2.24) is 15.2 Å². The van der Waals surface area contributed by atoms with Crippen LogP contribution in [0.4, 0.5) is 32.0 Å². The highest BCUT2D eigenvalue weighted by atomic mass is 32.2. The quantitative estimate of drug-likeness (QED) is 0.181. The van der Waals surface area contributed by atoms with Gasteiger partial charge in [-0.15, -0.1) is 21.5 Å². The van der Waals surface area contributed by atoms with E-state index in [1.807, 2.05) is 31.2 Å². The molecule has 2 heterocycles. The molecule has 1 N–H and O–H groups in total. The number of nitrogens with one attached hydrogen (secondary N) is 1. The van der Waals surface area contributed by atoms with Crippen LogP contribution in [0, 0.1) is 6.92 Å². The molecule has 0 atom stereocenters. The summed E-state index contributed by atoms with van der Waals surface area (Å²) >= 11 is 2.34. The second kappa shape index (κ2) is 11.2. The molecule has 0 fully saturated rings. The fourth-order valence-electron chi connectivity index (χ4n) is 3.40. The number of aryl methyl sites for hydroxylation is 1. The van der Waals surface area contributed by atoms with Crippen LogP contribution in [-0.2, 0) is 17.1 Å². The molecule has 14 heteroatoms. The van der Waals surface area contributed by atoms with Crippen LogP contribution < -0.4 is 10.1 Å². The highest BCUT2D eigenvalue weighted by Gasteiger charge is 2.37. The number of carbonyl (C=O) groups excluding carboxylic acids is 1. The third-order valence-electron chi connectivity index (χ3n) is 5.21. The van der Waals surface area contributed by atoms with Crippen LogP contribution in [-0.4, -0.2) is 34.0 Å². The Labute approximate surface area is 226 Å². The molecule has 0 aliphatic carbocycles. The van der Waals surface area contributed by atoms with Gasteiger partial charge in [0, 0.05) is 11.3 Å². The summed E-state index contributed by atoms with van der Waals surface area (Å²) in [5.41, 5.74) is -1.48. The first-order valence-electron chi connectivity index (χ1n) is 11.0. The van der Waals surface area contributed by atoms with Gasteiger partial charge in [0.25, 0.3) is 0 Å². The molecule has 204 valence electrons. The Kier molecular flexibility index (Phi) is 8.16. The van der Waals surface area contributed by atoms with E-state index in [9.17, 15) is 31.1 Å². The number of ether oxygens (including phenoxy) is 1. The second-order valence-corrected chi connectivity index (χ2v) is 10.0. The Morgan fingerprint density at radius 2 is 1.67 bits per heavy atom. The number of anilines is 1. The molecule has 0 radical (unpaired) electrons. The van der Waals surface area contributed by atoms with Crippen molar-refractivity contribution in [2.24, 2.45) is 0 Å². The van der Waals surface area contributed by atoms with Gasteiger partial charge in [0.05, 0.1) is 34.6 Å². The lowest BCUT2D eigenvalue weighted by molar-refractivity contribution is -0.143. The van der Waals surface area contributed by atoms with Crippen molar-refractivity contribution in [2.75, 3.05) is 18.2 Å². The number of aromatic nitrogens is 3. The lowest BCUT2D eigenvalue weighted by Gasteiger charge is -2.14. The largest absolute Gasteiger partial charge is 0.497 e. The first-order chi connectivity index (χ1) is 18.3. The molecule has 6 nitrogen and oxygen atoms in total. The summed E-state index contributed by atoms with van der Waals surface area (Å²) in [6.45, 7) is 1.84. The van der Waals surface area contributed by atoms with Gasteiger partial charge >= 0.3 is 12.4 Å². The molecular formula is C25H18F6N4O2S2. The highest BCUT2D eigenvalue weighted by molar-refractivity contribution is 7.99. The Hall–Kier alpha value is -3.65. The number of nitrogens with zero attached hydrogens (tertiary/aromatic N) is 3. The van der Waals surface area contributed by atoms with Crippen molar-refractivity contribution in [3.8, 4) is 26.9 Å².